The summed E-state index contributed by atoms with van der Waals surface area (Å²) in [6.07, 6.45) is 8.58. The monoisotopic (exact) mass is 398 g/mol. The first-order chi connectivity index (χ1) is 13.7. The maximum absolute atomic E-state index is 12.0. The molecule has 0 aromatic carbocycles. The van der Waals surface area contributed by atoms with E-state index >= 15 is 0 Å². The number of thiophene rings is 1. The molecule has 1 N–H and O–H groups in total. The molecule has 150 valence electrons. The Balaban J connectivity index is 1.78. The first-order valence-electron chi connectivity index (χ1n) is 10.5. The molecule has 0 radical (unpaired) electrons. The van der Waals surface area contributed by atoms with Gasteiger partial charge in [0.2, 0.25) is 5.91 Å². The Labute approximate surface area is 171 Å². The van der Waals surface area contributed by atoms with E-state index < -0.39 is 0 Å². The van der Waals surface area contributed by atoms with Crippen LogP contribution < -0.4 is 5.32 Å². The zero-order valence-electron chi connectivity index (χ0n) is 16.9. The van der Waals surface area contributed by atoms with Gasteiger partial charge in [-0.15, -0.1) is 11.3 Å². The van der Waals surface area contributed by atoms with E-state index in [1.54, 1.807) is 18.3 Å². The lowest BCUT2D eigenvalue weighted by molar-refractivity contribution is -0.114. The number of likely N-dealkylation sites (N-methyl/N-ethyl adjacent to an activating group) is 1. The summed E-state index contributed by atoms with van der Waals surface area (Å²) in [6.45, 7) is 9.22. The van der Waals surface area contributed by atoms with Crippen LogP contribution in [0.1, 0.15) is 54.3 Å². The molecule has 1 saturated heterocycles. The van der Waals surface area contributed by atoms with Gasteiger partial charge in [-0.2, -0.15) is 0 Å². The standard InChI is InChI=1S/C22H30N4OS/c1-3-25-11-13-26(14-12-25)21(17-7-6-10-23-15-17)20-18-8-4-5-9-19(18)28-22(20)24-16(2)27/h6-7,10,15,21H,3-5,8-9,11-14H2,1-2H3,(H,24,27)/t21-/m0/s1. The van der Waals surface area contributed by atoms with E-state index in [9.17, 15) is 4.79 Å². The van der Waals surface area contributed by atoms with Crippen LogP contribution in [0.2, 0.25) is 0 Å². The van der Waals surface area contributed by atoms with Gasteiger partial charge in [0.15, 0.2) is 0 Å². The largest absolute Gasteiger partial charge is 0.318 e. The number of anilines is 1. The highest BCUT2D eigenvalue weighted by molar-refractivity contribution is 7.16. The highest BCUT2D eigenvalue weighted by atomic mass is 32.1. The molecular weight excluding hydrogens is 368 g/mol. The van der Waals surface area contributed by atoms with E-state index in [-0.39, 0.29) is 11.9 Å². The van der Waals surface area contributed by atoms with Crippen LogP contribution in [0.4, 0.5) is 5.00 Å². The molecular formula is C22H30N4OS. The van der Waals surface area contributed by atoms with Crippen LogP contribution in [0.5, 0.6) is 0 Å². The maximum Gasteiger partial charge on any atom is 0.221 e. The van der Waals surface area contributed by atoms with Crippen molar-refractivity contribution >= 4 is 22.2 Å². The van der Waals surface area contributed by atoms with Crippen LogP contribution in [0.15, 0.2) is 24.5 Å². The lowest BCUT2D eigenvalue weighted by atomic mass is 9.89. The summed E-state index contributed by atoms with van der Waals surface area (Å²) in [7, 11) is 0. The number of piperazine rings is 1. The summed E-state index contributed by atoms with van der Waals surface area (Å²) in [5.74, 6) is 0.0144. The minimum atomic E-state index is 0.0144. The van der Waals surface area contributed by atoms with Gasteiger partial charge in [-0.25, -0.2) is 0 Å². The zero-order valence-corrected chi connectivity index (χ0v) is 17.7. The van der Waals surface area contributed by atoms with Crippen molar-refractivity contribution in [3.63, 3.8) is 0 Å². The first kappa shape index (κ1) is 19.6. The van der Waals surface area contributed by atoms with Crippen molar-refractivity contribution in [3.05, 3.63) is 46.1 Å². The Morgan fingerprint density at radius 2 is 2.04 bits per heavy atom. The predicted molar refractivity (Wildman–Crippen MR) is 115 cm³/mol. The molecule has 0 spiro atoms. The highest BCUT2D eigenvalue weighted by Gasteiger charge is 2.33. The second-order valence-electron chi connectivity index (χ2n) is 7.79. The number of hydrogen-bond donors (Lipinski definition) is 1. The van der Waals surface area contributed by atoms with Crippen LogP contribution in [0.3, 0.4) is 0 Å². The number of amides is 1. The van der Waals surface area contributed by atoms with E-state index in [0.717, 1.165) is 50.6 Å². The van der Waals surface area contributed by atoms with Crippen molar-refractivity contribution in [2.24, 2.45) is 0 Å². The second kappa shape index (κ2) is 8.72. The molecule has 1 fully saturated rings. The molecule has 1 atom stereocenters. The summed E-state index contributed by atoms with van der Waals surface area (Å²) < 4.78 is 0. The fourth-order valence-electron chi connectivity index (χ4n) is 4.57. The van der Waals surface area contributed by atoms with Gasteiger partial charge in [0.25, 0.3) is 0 Å². The van der Waals surface area contributed by atoms with Crippen molar-refractivity contribution in [1.29, 1.82) is 0 Å². The number of carbonyl (C=O) groups is 1. The Hall–Kier alpha value is -1.76. The van der Waals surface area contributed by atoms with E-state index in [0.29, 0.717) is 0 Å². The molecule has 5 nitrogen and oxygen atoms in total. The SMILES string of the molecule is CCN1CCN([C@@H](c2cccnc2)c2c(NC(C)=O)sc3c2CCCC3)CC1. The van der Waals surface area contributed by atoms with Gasteiger partial charge in [-0.1, -0.05) is 13.0 Å². The number of aromatic nitrogens is 1. The van der Waals surface area contributed by atoms with Gasteiger partial charge in [-0.05, 0) is 49.4 Å². The molecule has 0 saturated carbocycles. The normalized spacial score (nSPS) is 19.2. The van der Waals surface area contributed by atoms with E-state index in [1.165, 1.54) is 34.4 Å². The third-order valence-corrected chi connectivity index (χ3v) is 7.22. The molecule has 0 unspecified atom stereocenters. The van der Waals surface area contributed by atoms with Gasteiger partial charge >= 0.3 is 0 Å². The van der Waals surface area contributed by atoms with Gasteiger partial charge in [0.1, 0.15) is 5.00 Å². The van der Waals surface area contributed by atoms with Crippen molar-refractivity contribution in [2.45, 2.75) is 45.6 Å². The molecule has 1 aliphatic carbocycles. The molecule has 2 aromatic heterocycles. The van der Waals surface area contributed by atoms with Crippen molar-refractivity contribution in [1.82, 2.24) is 14.8 Å². The quantitative estimate of drug-likeness (QED) is 0.834. The van der Waals surface area contributed by atoms with Crippen LogP contribution >= 0.6 is 11.3 Å². The fraction of sp³-hybridized carbons (Fsp3) is 0.545. The minimum absolute atomic E-state index is 0.0144. The second-order valence-corrected chi connectivity index (χ2v) is 8.90. The number of rotatable bonds is 5. The number of aryl methyl sites for hydroxylation is 1. The van der Waals surface area contributed by atoms with Gasteiger partial charge in [-0.3, -0.25) is 14.7 Å². The lowest BCUT2D eigenvalue weighted by Gasteiger charge is -2.40. The maximum atomic E-state index is 12.0. The number of fused-ring (bicyclic) bond motifs is 1. The van der Waals surface area contributed by atoms with Crippen molar-refractivity contribution in [2.75, 3.05) is 38.0 Å². The Kier molecular flexibility index (Phi) is 6.09. The summed E-state index contributed by atoms with van der Waals surface area (Å²) in [6, 6.07) is 4.38. The zero-order chi connectivity index (χ0) is 19.5. The molecule has 1 amide bonds. The first-order valence-corrected chi connectivity index (χ1v) is 11.3. The van der Waals surface area contributed by atoms with Crippen LogP contribution in [0.25, 0.3) is 0 Å². The number of nitrogens with zero attached hydrogens (tertiary/aromatic N) is 3. The topological polar surface area (TPSA) is 48.5 Å². The third kappa shape index (κ3) is 4.00. The van der Waals surface area contributed by atoms with Gasteiger partial charge in [0.05, 0.1) is 6.04 Å². The Morgan fingerprint density at radius 3 is 2.71 bits per heavy atom. The smallest absolute Gasteiger partial charge is 0.221 e. The molecule has 0 bridgehead atoms. The minimum Gasteiger partial charge on any atom is -0.318 e. The van der Waals surface area contributed by atoms with E-state index in [4.69, 9.17) is 0 Å². The van der Waals surface area contributed by atoms with Crippen LogP contribution in [0, 0.1) is 0 Å². The van der Waals surface area contributed by atoms with Gasteiger partial charge < -0.3 is 10.2 Å². The number of nitrogens with one attached hydrogen (secondary N) is 1. The summed E-state index contributed by atoms with van der Waals surface area (Å²) >= 11 is 1.79. The van der Waals surface area contributed by atoms with Gasteiger partial charge in [0, 0.05) is 55.9 Å². The molecule has 4 rings (SSSR count). The molecule has 2 aliphatic rings. The summed E-state index contributed by atoms with van der Waals surface area (Å²) in [5.41, 5.74) is 4.03. The number of hydrogen-bond acceptors (Lipinski definition) is 5. The number of pyridine rings is 1. The predicted octanol–water partition coefficient (Wildman–Crippen LogP) is 3.71. The Bertz CT molecular complexity index is 811. The number of carbonyl (C=O) groups excluding carboxylic acids is 1. The highest BCUT2D eigenvalue weighted by Crippen LogP contribution is 2.45. The van der Waals surface area contributed by atoms with Crippen molar-refractivity contribution in [3.8, 4) is 0 Å². The average molecular weight is 399 g/mol. The molecule has 28 heavy (non-hydrogen) atoms. The summed E-state index contributed by atoms with van der Waals surface area (Å²) in [4.78, 5) is 22.9. The van der Waals surface area contributed by atoms with E-state index in [2.05, 4.69) is 33.1 Å². The van der Waals surface area contributed by atoms with Crippen molar-refractivity contribution < 1.29 is 4.79 Å². The lowest BCUT2D eigenvalue weighted by Crippen LogP contribution is -2.47. The van der Waals surface area contributed by atoms with E-state index in [1.807, 2.05) is 18.5 Å². The van der Waals surface area contributed by atoms with Crippen LogP contribution in [-0.4, -0.2) is 53.4 Å². The third-order valence-electron chi connectivity index (χ3n) is 5.99. The average Bonchev–Trinajstić information content (AvgIpc) is 3.07. The molecule has 1 aliphatic heterocycles. The molecule has 3 heterocycles. The molecule has 6 heteroatoms. The van der Waals surface area contributed by atoms with Crippen LogP contribution in [-0.2, 0) is 17.6 Å². The molecule has 2 aromatic rings. The fourth-order valence-corrected chi connectivity index (χ4v) is 5.94. The Morgan fingerprint density at radius 1 is 1.25 bits per heavy atom. The summed E-state index contributed by atoms with van der Waals surface area (Å²) in [5, 5.41) is 4.21.